The lowest BCUT2D eigenvalue weighted by Gasteiger charge is -2.31. The molecule has 0 unspecified atom stereocenters. The van der Waals surface area contributed by atoms with Crippen LogP contribution in [0, 0.1) is 0 Å². The molecule has 1 saturated heterocycles. The molecule has 1 fully saturated rings. The van der Waals surface area contributed by atoms with E-state index < -0.39 is 10.0 Å². The van der Waals surface area contributed by atoms with Gasteiger partial charge in [0.1, 0.15) is 0 Å². The van der Waals surface area contributed by atoms with Crippen molar-refractivity contribution in [3.05, 3.63) is 55.1 Å². The van der Waals surface area contributed by atoms with Crippen molar-refractivity contribution >= 4 is 20.8 Å². The molecule has 0 spiro atoms. The third-order valence-corrected chi connectivity index (χ3v) is 6.12. The van der Waals surface area contributed by atoms with Gasteiger partial charge in [-0.3, -0.25) is 0 Å². The lowest BCUT2D eigenvalue weighted by Crippen LogP contribution is -3.14. The van der Waals surface area contributed by atoms with Gasteiger partial charge in [0.05, 0.1) is 37.6 Å². The molecular formula is C17H21N2O2S+. The monoisotopic (exact) mass is 317 g/mol. The number of fused-ring (bicyclic) bond motifs is 1. The summed E-state index contributed by atoms with van der Waals surface area (Å²) in [5.41, 5.74) is 0. The second-order valence-electron chi connectivity index (χ2n) is 5.66. The predicted octanol–water partition coefficient (Wildman–Crippen LogP) is 0.915. The maximum Gasteiger partial charge on any atom is 0.243 e. The molecule has 0 aliphatic carbocycles. The van der Waals surface area contributed by atoms with Gasteiger partial charge in [-0.25, -0.2) is 8.42 Å². The molecule has 0 bridgehead atoms. The summed E-state index contributed by atoms with van der Waals surface area (Å²) in [4.78, 5) is 1.78. The number of nitrogens with zero attached hydrogens (tertiary/aromatic N) is 1. The number of benzene rings is 2. The first-order chi connectivity index (χ1) is 10.6. The van der Waals surface area contributed by atoms with Gasteiger partial charge in [0.2, 0.25) is 10.0 Å². The van der Waals surface area contributed by atoms with E-state index in [-0.39, 0.29) is 0 Å². The summed E-state index contributed by atoms with van der Waals surface area (Å²) < 4.78 is 27.2. The highest BCUT2D eigenvalue weighted by atomic mass is 32.2. The van der Waals surface area contributed by atoms with E-state index in [1.54, 1.807) is 16.4 Å². The van der Waals surface area contributed by atoms with Crippen LogP contribution in [0.15, 0.2) is 60.0 Å². The lowest BCUT2D eigenvalue weighted by atomic mass is 10.1. The number of hydrogen-bond acceptors (Lipinski definition) is 2. The molecule has 0 radical (unpaired) electrons. The van der Waals surface area contributed by atoms with E-state index in [2.05, 4.69) is 6.58 Å². The fourth-order valence-electron chi connectivity index (χ4n) is 2.93. The van der Waals surface area contributed by atoms with E-state index in [1.807, 2.05) is 36.4 Å². The van der Waals surface area contributed by atoms with Gasteiger partial charge in [-0.1, -0.05) is 36.9 Å². The first kappa shape index (κ1) is 15.2. The van der Waals surface area contributed by atoms with Crippen LogP contribution in [0.4, 0.5) is 0 Å². The van der Waals surface area contributed by atoms with Gasteiger partial charge < -0.3 is 4.90 Å². The summed E-state index contributed by atoms with van der Waals surface area (Å²) in [7, 11) is -3.40. The van der Waals surface area contributed by atoms with Gasteiger partial charge in [-0.05, 0) is 29.0 Å². The molecule has 1 N–H and O–H groups in total. The maximum absolute atomic E-state index is 12.8. The van der Waals surface area contributed by atoms with Crippen LogP contribution in [0.1, 0.15) is 0 Å². The van der Waals surface area contributed by atoms with E-state index in [1.165, 1.54) is 4.90 Å². The van der Waals surface area contributed by atoms with Crippen LogP contribution in [0.25, 0.3) is 10.8 Å². The van der Waals surface area contributed by atoms with Crippen molar-refractivity contribution in [1.29, 1.82) is 0 Å². The zero-order chi connectivity index (χ0) is 15.6. The van der Waals surface area contributed by atoms with E-state index in [4.69, 9.17) is 0 Å². The molecule has 1 heterocycles. The predicted molar refractivity (Wildman–Crippen MR) is 88.5 cm³/mol. The number of rotatable bonds is 4. The summed E-state index contributed by atoms with van der Waals surface area (Å²) in [6, 6.07) is 13.2. The van der Waals surface area contributed by atoms with Crippen LogP contribution in [0.2, 0.25) is 0 Å². The first-order valence-electron chi connectivity index (χ1n) is 7.55. The number of hydrogen-bond donors (Lipinski definition) is 1. The van der Waals surface area contributed by atoms with Gasteiger partial charge >= 0.3 is 0 Å². The van der Waals surface area contributed by atoms with Crippen molar-refractivity contribution in [2.24, 2.45) is 0 Å². The second-order valence-corrected chi connectivity index (χ2v) is 7.59. The van der Waals surface area contributed by atoms with E-state index >= 15 is 0 Å². The highest BCUT2D eigenvalue weighted by molar-refractivity contribution is 7.89. The van der Waals surface area contributed by atoms with Gasteiger partial charge in [-0.15, -0.1) is 0 Å². The second kappa shape index (κ2) is 6.20. The molecule has 0 aromatic heterocycles. The number of piperazine rings is 1. The van der Waals surface area contributed by atoms with E-state index in [9.17, 15) is 8.42 Å². The van der Waals surface area contributed by atoms with Gasteiger partial charge in [0, 0.05) is 0 Å². The topological polar surface area (TPSA) is 41.8 Å². The Morgan fingerprint density at radius 3 is 2.45 bits per heavy atom. The molecule has 2 aromatic carbocycles. The fraction of sp³-hybridized carbons (Fsp3) is 0.294. The Balaban J connectivity index is 1.84. The van der Waals surface area contributed by atoms with E-state index in [0.717, 1.165) is 30.4 Å². The van der Waals surface area contributed by atoms with Crippen molar-refractivity contribution in [1.82, 2.24) is 4.31 Å². The van der Waals surface area contributed by atoms with Crippen LogP contribution in [0.5, 0.6) is 0 Å². The van der Waals surface area contributed by atoms with Gasteiger partial charge in [0.25, 0.3) is 0 Å². The molecular weight excluding hydrogens is 296 g/mol. The highest BCUT2D eigenvalue weighted by Gasteiger charge is 2.29. The van der Waals surface area contributed by atoms with Crippen molar-refractivity contribution in [3.8, 4) is 0 Å². The number of quaternary nitrogens is 1. The normalized spacial score (nSPS) is 17.6. The molecule has 4 nitrogen and oxygen atoms in total. The Morgan fingerprint density at radius 2 is 1.77 bits per heavy atom. The summed E-state index contributed by atoms with van der Waals surface area (Å²) in [5.74, 6) is 0. The molecule has 5 heteroatoms. The summed E-state index contributed by atoms with van der Waals surface area (Å²) in [6.07, 6.45) is 1.89. The molecule has 116 valence electrons. The minimum absolute atomic E-state index is 0.387. The van der Waals surface area contributed by atoms with Gasteiger partial charge in [-0.2, -0.15) is 4.31 Å². The van der Waals surface area contributed by atoms with Crippen molar-refractivity contribution in [3.63, 3.8) is 0 Å². The molecule has 2 aromatic rings. The minimum atomic E-state index is -3.40. The Morgan fingerprint density at radius 1 is 1.09 bits per heavy atom. The molecule has 0 saturated carbocycles. The SMILES string of the molecule is C=CC[NH+]1CCN(S(=O)(=O)c2ccc3ccccc3c2)CC1. The zero-order valence-corrected chi connectivity index (χ0v) is 13.3. The third-order valence-electron chi connectivity index (χ3n) is 4.22. The number of nitrogens with one attached hydrogen (secondary N) is 1. The smallest absolute Gasteiger partial charge is 0.243 e. The Labute approximate surface area is 131 Å². The Kier molecular flexibility index (Phi) is 4.29. The van der Waals surface area contributed by atoms with Crippen LogP contribution >= 0.6 is 0 Å². The average Bonchev–Trinajstić information content (AvgIpc) is 2.55. The van der Waals surface area contributed by atoms with Crippen LogP contribution < -0.4 is 4.90 Å². The molecule has 0 amide bonds. The maximum atomic E-state index is 12.8. The van der Waals surface area contributed by atoms with Crippen molar-refractivity contribution in [2.45, 2.75) is 4.90 Å². The summed E-state index contributed by atoms with van der Waals surface area (Å²) >= 11 is 0. The fourth-order valence-corrected chi connectivity index (χ4v) is 4.41. The Hall–Kier alpha value is -1.69. The molecule has 3 rings (SSSR count). The zero-order valence-electron chi connectivity index (χ0n) is 12.5. The molecule has 1 aliphatic rings. The van der Waals surface area contributed by atoms with Crippen LogP contribution in [-0.2, 0) is 10.0 Å². The third kappa shape index (κ3) is 2.92. The molecule has 0 atom stereocenters. The molecule has 1 aliphatic heterocycles. The highest BCUT2D eigenvalue weighted by Crippen LogP contribution is 2.21. The molecule has 22 heavy (non-hydrogen) atoms. The summed E-state index contributed by atoms with van der Waals surface area (Å²) in [5, 5.41) is 2.01. The van der Waals surface area contributed by atoms with Crippen LogP contribution in [-0.4, -0.2) is 45.4 Å². The lowest BCUT2D eigenvalue weighted by molar-refractivity contribution is -0.897. The average molecular weight is 317 g/mol. The van der Waals surface area contributed by atoms with Crippen LogP contribution in [0.3, 0.4) is 0 Å². The largest absolute Gasteiger partial charge is 0.330 e. The number of sulfonamides is 1. The quantitative estimate of drug-likeness (QED) is 0.852. The van der Waals surface area contributed by atoms with Crippen molar-refractivity contribution in [2.75, 3.05) is 32.7 Å². The van der Waals surface area contributed by atoms with Gasteiger partial charge in [0.15, 0.2) is 0 Å². The minimum Gasteiger partial charge on any atom is -0.330 e. The first-order valence-corrected chi connectivity index (χ1v) is 8.99. The standard InChI is InChI=1S/C17H20N2O2S/c1-2-9-18-10-12-19(13-11-18)22(20,21)17-8-7-15-5-3-4-6-16(15)14-17/h2-8,14H,1,9-13H2/p+1. The van der Waals surface area contributed by atoms with E-state index in [0.29, 0.717) is 18.0 Å². The summed E-state index contributed by atoms with van der Waals surface area (Å²) in [6.45, 7) is 7.44. The van der Waals surface area contributed by atoms with Crippen molar-refractivity contribution < 1.29 is 13.3 Å². The Bertz CT molecular complexity index is 778.